The van der Waals surface area contributed by atoms with Gasteiger partial charge in [0.05, 0.1) is 12.0 Å². The van der Waals surface area contributed by atoms with Gasteiger partial charge >= 0.3 is 0 Å². The Labute approximate surface area is 121 Å². The number of imidazole rings is 1. The molecule has 2 aromatic heterocycles. The van der Waals surface area contributed by atoms with Crippen LogP contribution in [0.2, 0.25) is 0 Å². The quantitative estimate of drug-likeness (QED) is 0.771. The first-order valence-electron chi connectivity index (χ1n) is 6.64. The normalized spacial score (nSPS) is 10.8. The summed E-state index contributed by atoms with van der Waals surface area (Å²) in [5, 5.41) is 3.05. The third kappa shape index (κ3) is 2.37. The van der Waals surface area contributed by atoms with Gasteiger partial charge in [-0.2, -0.15) is 9.97 Å². The van der Waals surface area contributed by atoms with Gasteiger partial charge in [-0.3, -0.25) is 0 Å². The van der Waals surface area contributed by atoms with E-state index in [0.29, 0.717) is 35.2 Å². The molecule has 0 aliphatic rings. The fraction of sp³-hybridized carbons (Fsp3) is 0.214. The van der Waals surface area contributed by atoms with Gasteiger partial charge in [0, 0.05) is 13.6 Å². The van der Waals surface area contributed by atoms with Crippen LogP contribution < -0.4 is 10.2 Å². The molecule has 0 atom stereocenters. The SMILES string of the molecule is CCNc1nc(N(C)c2ccccc2F)c2[nH]cnc2n1. The largest absolute Gasteiger partial charge is 0.354 e. The summed E-state index contributed by atoms with van der Waals surface area (Å²) in [6, 6.07) is 6.56. The van der Waals surface area contributed by atoms with Gasteiger partial charge < -0.3 is 15.2 Å². The van der Waals surface area contributed by atoms with Crippen LogP contribution in [0.4, 0.5) is 21.8 Å². The highest BCUT2D eigenvalue weighted by Gasteiger charge is 2.16. The maximum absolute atomic E-state index is 14.0. The van der Waals surface area contributed by atoms with E-state index in [0.717, 1.165) is 0 Å². The summed E-state index contributed by atoms with van der Waals surface area (Å²) in [6.45, 7) is 2.65. The van der Waals surface area contributed by atoms with Crippen molar-refractivity contribution in [2.75, 3.05) is 23.8 Å². The minimum atomic E-state index is -0.309. The monoisotopic (exact) mass is 286 g/mol. The van der Waals surface area contributed by atoms with Gasteiger partial charge in [-0.1, -0.05) is 12.1 Å². The van der Waals surface area contributed by atoms with Crippen molar-refractivity contribution >= 4 is 28.6 Å². The molecule has 0 fully saturated rings. The number of halogens is 1. The number of para-hydroxylation sites is 1. The van der Waals surface area contributed by atoms with Crippen molar-refractivity contribution in [3.8, 4) is 0 Å². The van der Waals surface area contributed by atoms with E-state index in [1.807, 2.05) is 6.92 Å². The first-order chi connectivity index (χ1) is 10.2. The van der Waals surface area contributed by atoms with E-state index >= 15 is 0 Å². The number of nitrogens with zero attached hydrogens (tertiary/aromatic N) is 4. The smallest absolute Gasteiger partial charge is 0.226 e. The van der Waals surface area contributed by atoms with Gasteiger partial charge in [-0.15, -0.1) is 0 Å². The van der Waals surface area contributed by atoms with E-state index in [1.165, 1.54) is 6.07 Å². The number of nitrogens with one attached hydrogen (secondary N) is 2. The number of H-pyrrole nitrogens is 1. The summed E-state index contributed by atoms with van der Waals surface area (Å²) in [7, 11) is 1.76. The van der Waals surface area contributed by atoms with Crippen molar-refractivity contribution in [1.29, 1.82) is 0 Å². The molecule has 0 saturated carbocycles. The fourth-order valence-electron chi connectivity index (χ4n) is 2.14. The van der Waals surface area contributed by atoms with E-state index in [2.05, 4.69) is 25.3 Å². The minimum absolute atomic E-state index is 0.309. The third-order valence-corrected chi connectivity index (χ3v) is 3.13. The number of hydrogen-bond acceptors (Lipinski definition) is 5. The molecule has 0 aliphatic carbocycles. The Morgan fingerprint density at radius 2 is 2.10 bits per heavy atom. The fourth-order valence-corrected chi connectivity index (χ4v) is 2.14. The van der Waals surface area contributed by atoms with Crippen molar-refractivity contribution in [3.63, 3.8) is 0 Å². The molecule has 108 valence electrons. The average molecular weight is 286 g/mol. The molecule has 21 heavy (non-hydrogen) atoms. The minimum Gasteiger partial charge on any atom is -0.354 e. The first-order valence-corrected chi connectivity index (χ1v) is 6.64. The van der Waals surface area contributed by atoms with Crippen LogP contribution in [0.3, 0.4) is 0 Å². The average Bonchev–Trinajstić information content (AvgIpc) is 2.95. The van der Waals surface area contributed by atoms with Crippen molar-refractivity contribution in [1.82, 2.24) is 19.9 Å². The Hall–Kier alpha value is -2.70. The zero-order valence-electron chi connectivity index (χ0n) is 11.8. The Morgan fingerprint density at radius 1 is 1.29 bits per heavy atom. The predicted octanol–water partition coefficient (Wildman–Crippen LogP) is 2.69. The zero-order chi connectivity index (χ0) is 14.8. The topological polar surface area (TPSA) is 69.7 Å². The van der Waals surface area contributed by atoms with Crippen LogP contribution in [0.5, 0.6) is 0 Å². The number of rotatable bonds is 4. The summed E-state index contributed by atoms with van der Waals surface area (Å²) in [4.78, 5) is 17.6. The van der Waals surface area contributed by atoms with Crippen LogP contribution in [0.1, 0.15) is 6.92 Å². The molecule has 0 spiro atoms. The van der Waals surface area contributed by atoms with Crippen LogP contribution in [0, 0.1) is 5.82 Å². The number of fused-ring (bicyclic) bond motifs is 1. The maximum Gasteiger partial charge on any atom is 0.226 e. The molecule has 0 radical (unpaired) electrons. The standard InChI is InChI=1S/C14H15FN6/c1-3-16-14-19-12-11(17-8-18-12)13(20-14)21(2)10-7-5-4-6-9(10)15/h4-8H,3H2,1-2H3,(H2,16,17,18,19,20). The highest BCUT2D eigenvalue weighted by molar-refractivity contribution is 5.86. The lowest BCUT2D eigenvalue weighted by Crippen LogP contribution is -2.15. The van der Waals surface area contributed by atoms with E-state index in [9.17, 15) is 4.39 Å². The van der Waals surface area contributed by atoms with E-state index in [-0.39, 0.29) is 5.82 Å². The molecule has 3 aromatic rings. The molecule has 0 bridgehead atoms. The molecule has 1 aromatic carbocycles. The molecule has 0 amide bonds. The molecule has 2 heterocycles. The second-order valence-electron chi connectivity index (χ2n) is 4.51. The molecule has 3 rings (SSSR count). The van der Waals surface area contributed by atoms with E-state index in [4.69, 9.17) is 0 Å². The van der Waals surface area contributed by atoms with Crippen LogP contribution in [0.15, 0.2) is 30.6 Å². The second-order valence-corrected chi connectivity index (χ2v) is 4.51. The van der Waals surface area contributed by atoms with Crippen LogP contribution in [-0.2, 0) is 0 Å². The van der Waals surface area contributed by atoms with Crippen LogP contribution >= 0.6 is 0 Å². The Kier molecular flexibility index (Phi) is 3.39. The highest BCUT2D eigenvalue weighted by atomic mass is 19.1. The number of anilines is 3. The second kappa shape index (κ2) is 5.35. The predicted molar refractivity (Wildman–Crippen MR) is 80.3 cm³/mol. The van der Waals surface area contributed by atoms with Gasteiger partial charge in [0.15, 0.2) is 11.5 Å². The molecule has 0 saturated heterocycles. The third-order valence-electron chi connectivity index (χ3n) is 3.13. The Bertz CT molecular complexity index is 769. The number of hydrogen-bond donors (Lipinski definition) is 2. The lowest BCUT2D eigenvalue weighted by molar-refractivity contribution is 0.627. The van der Waals surface area contributed by atoms with Gasteiger partial charge in [0.1, 0.15) is 11.3 Å². The van der Waals surface area contributed by atoms with Crippen molar-refractivity contribution in [2.24, 2.45) is 0 Å². The lowest BCUT2D eigenvalue weighted by atomic mass is 10.3. The molecule has 6 nitrogen and oxygen atoms in total. The maximum atomic E-state index is 14.0. The van der Waals surface area contributed by atoms with Crippen molar-refractivity contribution in [2.45, 2.75) is 6.92 Å². The van der Waals surface area contributed by atoms with Crippen molar-refractivity contribution in [3.05, 3.63) is 36.4 Å². The summed E-state index contributed by atoms with van der Waals surface area (Å²) >= 11 is 0. The zero-order valence-corrected chi connectivity index (χ0v) is 11.8. The molecular formula is C14H15FN6. The van der Waals surface area contributed by atoms with Gasteiger partial charge in [-0.25, -0.2) is 9.37 Å². The van der Waals surface area contributed by atoms with Gasteiger partial charge in [-0.05, 0) is 19.1 Å². The van der Waals surface area contributed by atoms with E-state index in [1.54, 1.807) is 36.5 Å². The first kappa shape index (κ1) is 13.3. The Morgan fingerprint density at radius 3 is 2.86 bits per heavy atom. The Balaban J connectivity index is 2.14. The van der Waals surface area contributed by atoms with Crippen LogP contribution in [0.25, 0.3) is 11.2 Å². The summed E-state index contributed by atoms with van der Waals surface area (Å²) in [5.41, 5.74) is 1.65. The van der Waals surface area contributed by atoms with Gasteiger partial charge in [0.2, 0.25) is 5.95 Å². The number of aromatic nitrogens is 4. The molecule has 2 N–H and O–H groups in total. The summed E-state index contributed by atoms with van der Waals surface area (Å²) in [5.74, 6) is 0.727. The van der Waals surface area contributed by atoms with E-state index < -0.39 is 0 Å². The number of aromatic amines is 1. The molecule has 7 heteroatoms. The lowest BCUT2D eigenvalue weighted by Gasteiger charge is -2.19. The summed E-state index contributed by atoms with van der Waals surface area (Å²) in [6.07, 6.45) is 1.55. The molecule has 0 unspecified atom stereocenters. The van der Waals surface area contributed by atoms with Crippen LogP contribution in [-0.4, -0.2) is 33.5 Å². The molecular weight excluding hydrogens is 271 g/mol. The number of benzene rings is 1. The highest BCUT2D eigenvalue weighted by Crippen LogP contribution is 2.29. The molecule has 0 aliphatic heterocycles. The van der Waals surface area contributed by atoms with Crippen molar-refractivity contribution < 1.29 is 4.39 Å². The van der Waals surface area contributed by atoms with Gasteiger partial charge in [0.25, 0.3) is 0 Å². The summed E-state index contributed by atoms with van der Waals surface area (Å²) < 4.78 is 14.0.